The average molecular weight is 226 g/mol. The molecule has 88 valence electrons. The second-order valence-corrected chi connectivity index (χ2v) is 4.49. The van der Waals surface area contributed by atoms with Gasteiger partial charge in [0.25, 0.3) is 0 Å². The zero-order chi connectivity index (χ0) is 12.3. The molecule has 2 nitrogen and oxygen atoms in total. The molecule has 0 fully saturated rings. The normalized spacial score (nSPS) is 10.6. The molecule has 1 aromatic heterocycles. The first-order valence-electron chi connectivity index (χ1n) is 5.95. The van der Waals surface area contributed by atoms with Gasteiger partial charge in [-0.3, -0.25) is 0 Å². The molecule has 0 aliphatic carbocycles. The molecule has 2 heteroatoms. The third-order valence-corrected chi connectivity index (χ3v) is 2.72. The maximum absolute atomic E-state index is 4.43. The molecule has 1 aromatic carbocycles. The Bertz CT molecular complexity index is 460. The van der Waals surface area contributed by atoms with Crippen LogP contribution in [0.3, 0.4) is 0 Å². The summed E-state index contributed by atoms with van der Waals surface area (Å²) in [5.41, 5.74) is 2.46. The van der Waals surface area contributed by atoms with Crippen LogP contribution in [0.2, 0.25) is 0 Å². The van der Waals surface area contributed by atoms with Crippen molar-refractivity contribution >= 4 is 11.5 Å². The minimum atomic E-state index is 0.382. The predicted molar refractivity (Wildman–Crippen MR) is 72.7 cm³/mol. The van der Waals surface area contributed by atoms with Gasteiger partial charge in [-0.25, -0.2) is 4.98 Å². The first kappa shape index (κ1) is 11.6. The summed E-state index contributed by atoms with van der Waals surface area (Å²) >= 11 is 0. The Morgan fingerprint density at radius 1 is 1.00 bits per heavy atom. The Morgan fingerprint density at radius 2 is 1.71 bits per heavy atom. The molecule has 0 atom stereocenters. The van der Waals surface area contributed by atoms with Gasteiger partial charge in [0.05, 0.1) is 0 Å². The van der Waals surface area contributed by atoms with Gasteiger partial charge in [-0.2, -0.15) is 0 Å². The third kappa shape index (κ3) is 2.64. The molecule has 2 aromatic rings. The van der Waals surface area contributed by atoms with Crippen molar-refractivity contribution in [2.45, 2.75) is 26.8 Å². The second kappa shape index (κ2) is 5.00. The summed E-state index contributed by atoms with van der Waals surface area (Å²) in [4.78, 5) is 6.66. The molecule has 17 heavy (non-hydrogen) atoms. The SMILES string of the molecule is Cc1ccc(N(c2ccccn2)C(C)C)cc1. The van der Waals surface area contributed by atoms with E-state index in [-0.39, 0.29) is 0 Å². The molecule has 0 saturated heterocycles. The molecular weight excluding hydrogens is 208 g/mol. The first-order valence-corrected chi connectivity index (χ1v) is 5.95. The second-order valence-electron chi connectivity index (χ2n) is 4.49. The van der Waals surface area contributed by atoms with Crippen LogP contribution in [0.5, 0.6) is 0 Å². The topological polar surface area (TPSA) is 16.1 Å². The van der Waals surface area contributed by atoms with Crippen LogP contribution in [0.1, 0.15) is 19.4 Å². The lowest BCUT2D eigenvalue weighted by molar-refractivity contribution is 0.777. The van der Waals surface area contributed by atoms with Gasteiger partial charge in [0, 0.05) is 17.9 Å². The summed E-state index contributed by atoms with van der Waals surface area (Å²) in [6.07, 6.45) is 1.83. The molecule has 0 unspecified atom stereocenters. The van der Waals surface area contributed by atoms with Crippen molar-refractivity contribution in [3.63, 3.8) is 0 Å². The number of pyridine rings is 1. The predicted octanol–water partition coefficient (Wildman–Crippen LogP) is 3.94. The Morgan fingerprint density at radius 3 is 2.24 bits per heavy atom. The van der Waals surface area contributed by atoms with Gasteiger partial charge < -0.3 is 4.90 Å². The molecule has 1 heterocycles. The number of aromatic nitrogens is 1. The van der Waals surface area contributed by atoms with E-state index in [0.29, 0.717) is 6.04 Å². The fourth-order valence-electron chi connectivity index (χ4n) is 1.90. The zero-order valence-electron chi connectivity index (χ0n) is 10.6. The number of nitrogens with zero attached hydrogens (tertiary/aromatic N) is 2. The van der Waals surface area contributed by atoms with Crippen molar-refractivity contribution in [2.75, 3.05) is 4.90 Å². The van der Waals surface area contributed by atoms with Crippen LogP contribution in [-0.4, -0.2) is 11.0 Å². The fraction of sp³-hybridized carbons (Fsp3) is 0.267. The van der Waals surface area contributed by atoms with Crippen molar-refractivity contribution in [3.8, 4) is 0 Å². The first-order chi connectivity index (χ1) is 8.18. The molecule has 0 spiro atoms. The number of hydrogen-bond acceptors (Lipinski definition) is 2. The summed E-state index contributed by atoms with van der Waals surface area (Å²) < 4.78 is 0. The average Bonchev–Trinajstić information content (AvgIpc) is 2.33. The molecule has 2 rings (SSSR count). The maximum atomic E-state index is 4.43. The van der Waals surface area contributed by atoms with Crippen molar-refractivity contribution in [2.24, 2.45) is 0 Å². The van der Waals surface area contributed by atoms with E-state index >= 15 is 0 Å². The molecule has 0 radical (unpaired) electrons. The van der Waals surface area contributed by atoms with Gasteiger partial charge in [0.15, 0.2) is 0 Å². The summed E-state index contributed by atoms with van der Waals surface area (Å²) in [6, 6.07) is 14.9. The number of anilines is 2. The van der Waals surface area contributed by atoms with Crippen LogP contribution >= 0.6 is 0 Å². The van der Waals surface area contributed by atoms with E-state index in [2.05, 4.69) is 54.9 Å². The van der Waals surface area contributed by atoms with E-state index in [1.807, 2.05) is 24.4 Å². The van der Waals surface area contributed by atoms with Crippen molar-refractivity contribution in [1.82, 2.24) is 4.98 Å². The molecular formula is C15H18N2. The summed E-state index contributed by atoms with van der Waals surface area (Å²) in [7, 11) is 0. The molecule has 0 aliphatic rings. The quantitative estimate of drug-likeness (QED) is 0.788. The number of benzene rings is 1. The fourth-order valence-corrected chi connectivity index (χ4v) is 1.90. The Balaban J connectivity index is 2.39. The molecule has 0 saturated carbocycles. The van der Waals surface area contributed by atoms with E-state index in [1.165, 1.54) is 11.3 Å². The monoisotopic (exact) mass is 226 g/mol. The van der Waals surface area contributed by atoms with Gasteiger partial charge in [0.2, 0.25) is 0 Å². The van der Waals surface area contributed by atoms with E-state index in [1.54, 1.807) is 0 Å². The maximum Gasteiger partial charge on any atom is 0.133 e. The minimum Gasteiger partial charge on any atom is -0.324 e. The lowest BCUT2D eigenvalue weighted by atomic mass is 10.2. The summed E-state index contributed by atoms with van der Waals surface area (Å²) in [6.45, 7) is 6.45. The van der Waals surface area contributed by atoms with Crippen LogP contribution in [0, 0.1) is 6.92 Å². The van der Waals surface area contributed by atoms with Gasteiger partial charge in [-0.05, 0) is 45.0 Å². The van der Waals surface area contributed by atoms with Crippen LogP contribution in [-0.2, 0) is 0 Å². The smallest absolute Gasteiger partial charge is 0.133 e. The standard InChI is InChI=1S/C15H18N2/c1-12(2)17(15-6-4-5-11-16-15)14-9-7-13(3)8-10-14/h4-12H,1-3H3. The highest BCUT2D eigenvalue weighted by molar-refractivity contribution is 5.60. The van der Waals surface area contributed by atoms with Crippen LogP contribution < -0.4 is 4.90 Å². The van der Waals surface area contributed by atoms with Crippen LogP contribution in [0.15, 0.2) is 48.7 Å². The largest absolute Gasteiger partial charge is 0.324 e. The highest BCUT2D eigenvalue weighted by atomic mass is 15.2. The van der Waals surface area contributed by atoms with Crippen molar-refractivity contribution < 1.29 is 0 Å². The van der Waals surface area contributed by atoms with Crippen LogP contribution in [0.25, 0.3) is 0 Å². The van der Waals surface area contributed by atoms with E-state index < -0.39 is 0 Å². The molecule has 0 bridgehead atoms. The van der Waals surface area contributed by atoms with E-state index in [0.717, 1.165) is 5.82 Å². The third-order valence-electron chi connectivity index (χ3n) is 2.72. The lowest BCUT2D eigenvalue weighted by Gasteiger charge is -2.28. The van der Waals surface area contributed by atoms with Crippen molar-refractivity contribution in [1.29, 1.82) is 0 Å². The molecule has 0 amide bonds. The Hall–Kier alpha value is -1.83. The van der Waals surface area contributed by atoms with Gasteiger partial charge in [-0.15, -0.1) is 0 Å². The highest BCUT2D eigenvalue weighted by Crippen LogP contribution is 2.25. The highest BCUT2D eigenvalue weighted by Gasteiger charge is 2.13. The van der Waals surface area contributed by atoms with Gasteiger partial charge >= 0.3 is 0 Å². The van der Waals surface area contributed by atoms with Gasteiger partial charge in [-0.1, -0.05) is 23.8 Å². The number of aryl methyl sites for hydroxylation is 1. The zero-order valence-corrected chi connectivity index (χ0v) is 10.6. The van der Waals surface area contributed by atoms with Crippen molar-refractivity contribution in [3.05, 3.63) is 54.2 Å². The number of rotatable bonds is 3. The van der Waals surface area contributed by atoms with Gasteiger partial charge in [0.1, 0.15) is 5.82 Å². The summed E-state index contributed by atoms with van der Waals surface area (Å²) in [5, 5.41) is 0. The van der Waals surface area contributed by atoms with E-state index in [9.17, 15) is 0 Å². The molecule has 0 N–H and O–H groups in total. The van der Waals surface area contributed by atoms with E-state index in [4.69, 9.17) is 0 Å². The summed E-state index contributed by atoms with van der Waals surface area (Å²) in [5.74, 6) is 0.992. The minimum absolute atomic E-state index is 0.382. The molecule has 0 aliphatic heterocycles. The van der Waals surface area contributed by atoms with Crippen LogP contribution in [0.4, 0.5) is 11.5 Å². The Labute approximate surface area is 103 Å². The number of hydrogen-bond donors (Lipinski definition) is 0. The Kier molecular flexibility index (Phi) is 3.43. The lowest BCUT2D eigenvalue weighted by Crippen LogP contribution is -2.26.